The van der Waals surface area contributed by atoms with Gasteiger partial charge in [0.05, 0.1) is 14.2 Å². The van der Waals surface area contributed by atoms with Crippen LogP contribution < -0.4 is 20.1 Å². The summed E-state index contributed by atoms with van der Waals surface area (Å²) in [5.41, 5.74) is -0.694. The summed E-state index contributed by atoms with van der Waals surface area (Å²) in [5, 5.41) is 4.56. The maximum atomic E-state index is 12.3. The van der Waals surface area contributed by atoms with Crippen molar-refractivity contribution >= 4 is 24.2 Å². The molecule has 0 bridgehead atoms. The third-order valence-corrected chi connectivity index (χ3v) is 2.98. The summed E-state index contributed by atoms with van der Waals surface area (Å²) in [6, 6.07) is 2.11. The Morgan fingerprint density at radius 3 is 2.27 bits per heavy atom. The molecule has 0 aromatic heterocycles. The van der Waals surface area contributed by atoms with Crippen molar-refractivity contribution in [2.45, 2.75) is 26.3 Å². The number of methoxy groups -OCH3 is 2. The van der Waals surface area contributed by atoms with Gasteiger partial charge in [-0.1, -0.05) is 0 Å². The zero-order chi connectivity index (χ0) is 19.9. The molecular weight excluding hydrogens is 344 g/mol. The van der Waals surface area contributed by atoms with Crippen molar-refractivity contribution in [3.8, 4) is 11.5 Å². The Morgan fingerprint density at radius 1 is 1.12 bits per heavy atom. The Kier molecular flexibility index (Phi) is 7.12. The SMILES string of the molecule is COc1ccc(C=O)c(C(=O)OCC(=O)NC(=O)NC(C)(C)C)c1OC. The van der Waals surface area contributed by atoms with Gasteiger partial charge >= 0.3 is 12.0 Å². The molecule has 0 unspecified atom stereocenters. The average Bonchev–Trinajstić information content (AvgIpc) is 2.56. The van der Waals surface area contributed by atoms with Crippen LogP contribution in [-0.4, -0.2) is 50.6 Å². The van der Waals surface area contributed by atoms with Crippen LogP contribution in [0.3, 0.4) is 0 Å². The first-order valence-corrected chi connectivity index (χ1v) is 7.62. The lowest BCUT2D eigenvalue weighted by Crippen LogP contribution is -2.49. The van der Waals surface area contributed by atoms with Crippen LogP contribution in [0.15, 0.2) is 12.1 Å². The molecule has 0 fully saturated rings. The van der Waals surface area contributed by atoms with Crippen LogP contribution in [0.5, 0.6) is 11.5 Å². The minimum Gasteiger partial charge on any atom is -0.493 e. The Hall–Kier alpha value is -3.10. The maximum absolute atomic E-state index is 12.3. The van der Waals surface area contributed by atoms with E-state index < -0.39 is 30.1 Å². The van der Waals surface area contributed by atoms with Crippen LogP contribution in [0.2, 0.25) is 0 Å². The van der Waals surface area contributed by atoms with E-state index in [1.165, 1.54) is 26.4 Å². The molecule has 1 rings (SSSR count). The Bertz CT molecular complexity index is 708. The number of aldehydes is 1. The average molecular weight is 366 g/mol. The molecule has 9 nitrogen and oxygen atoms in total. The fourth-order valence-electron chi connectivity index (χ4n) is 1.99. The predicted molar refractivity (Wildman–Crippen MR) is 91.6 cm³/mol. The molecule has 0 aliphatic heterocycles. The van der Waals surface area contributed by atoms with E-state index >= 15 is 0 Å². The number of urea groups is 1. The zero-order valence-corrected chi connectivity index (χ0v) is 15.3. The minimum absolute atomic E-state index is 0.00739. The van der Waals surface area contributed by atoms with Crippen molar-refractivity contribution < 1.29 is 33.4 Å². The van der Waals surface area contributed by atoms with E-state index in [9.17, 15) is 19.2 Å². The van der Waals surface area contributed by atoms with Gasteiger partial charge in [-0.2, -0.15) is 0 Å². The number of carbonyl (C=O) groups excluding carboxylic acids is 4. The van der Waals surface area contributed by atoms with Crippen molar-refractivity contribution in [3.63, 3.8) is 0 Å². The smallest absolute Gasteiger partial charge is 0.343 e. The molecule has 1 aromatic rings. The number of carbonyl (C=O) groups is 4. The molecule has 0 aliphatic carbocycles. The van der Waals surface area contributed by atoms with Gasteiger partial charge in [-0.05, 0) is 32.9 Å². The van der Waals surface area contributed by atoms with Gasteiger partial charge in [0, 0.05) is 11.1 Å². The summed E-state index contributed by atoms with van der Waals surface area (Å²) in [4.78, 5) is 46.8. The van der Waals surface area contributed by atoms with Gasteiger partial charge in [0.15, 0.2) is 24.4 Å². The highest BCUT2D eigenvalue weighted by Crippen LogP contribution is 2.33. The van der Waals surface area contributed by atoms with E-state index in [-0.39, 0.29) is 22.6 Å². The van der Waals surface area contributed by atoms with E-state index in [2.05, 4.69) is 5.32 Å². The van der Waals surface area contributed by atoms with Gasteiger partial charge < -0.3 is 19.5 Å². The maximum Gasteiger partial charge on any atom is 0.343 e. The normalized spacial score (nSPS) is 10.5. The van der Waals surface area contributed by atoms with Gasteiger partial charge in [-0.25, -0.2) is 9.59 Å². The fraction of sp³-hybridized carbons (Fsp3) is 0.412. The number of amides is 3. The summed E-state index contributed by atoms with van der Waals surface area (Å²) in [6.45, 7) is 4.52. The van der Waals surface area contributed by atoms with E-state index in [0.717, 1.165) is 0 Å². The molecule has 2 N–H and O–H groups in total. The zero-order valence-electron chi connectivity index (χ0n) is 15.3. The fourth-order valence-corrected chi connectivity index (χ4v) is 1.99. The summed E-state index contributed by atoms with van der Waals surface area (Å²) in [7, 11) is 2.67. The van der Waals surface area contributed by atoms with Crippen LogP contribution in [0.1, 0.15) is 41.5 Å². The highest BCUT2D eigenvalue weighted by molar-refractivity contribution is 6.03. The van der Waals surface area contributed by atoms with Gasteiger partial charge in [0.1, 0.15) is 5.56 Å². The van der Waals surface area contributed by atoms with Gasteiger partial charge in [-0.3, -0.25) is 14.9 Å². The monoisotopic (exact) mass is 366 g/mol. The summed E-state index contributed by atoms with van der Waals surface area (Å²) in [5.74, 6) is -1.56. The topological polar surface area (TPSA) is 120 Å². The summed E-state index contributed by atoms with van der Waals surface area (Å²) < 4.78 is 15.1. The number of hydrogen-bond donors (Lipinski definition) is 2. The third kappa shape index (κ3) is 5.76. The Labute approximate surface area is 151 Å². The quantitative estimate of drug-likeness (QED) is 0.575. The number of rotatable bonds is 6. The standard InChI is InChI=1S/C17H22N2O7/c1-17(2,3)19-16(23)18-12(21)9-26-15(22)13-10(8-20)6-7-11(24-4)14(13)25-5/h6-8H,9H2,1-5H3,(H2,18,19,21,23). The lowest BCUT2D eigenvalue weighted by Gasteiger charge is -2.20. The summed E-state index contributed by atoms with van der Waals surface area (Å²) in [6.07, 6.45) is 0.454. The van der Waals surface area contributed by atoms with Crippen LogP contribution in [-0.2, 0) is 9.53 Å². The second-order valence-corrected chi connectivity index (χ2v) is 6.21. The Morgan fingerprint density at radius 2 is 1.77 bits per heavy atom. The van der Waals surface area contributed by atoms with Crippen molar-refractivity contribution in [1.29, 1.82) is 0 Å². The van der Waals surface area contributed by atoms with Crippen LogP contribution in [0, 0.1) is 0 Å². The van der Waals surface area contributed by atoms with E-state index in [1.807, 2.05) is 5.32 Å². The number of esters is 1. The number of hydrogen-bond acceptors (Lipinski definition) is 7. The molecular formula is C17H22N2O7. The molecule has 0 aliphatic rings. The van der Waals surface area contributed by atoms with Gasteiger partial charge in [0.2, 0.25) is 0 Å². The number of nitrogens with one attached hydrogen (secondary N) is 2. The molecule has 9 heteroatoms. The first kappa shape index (κ1) is 20.9. The first-order chi connectivity index (χ1) is 12.1. The lowest BCUT2D eigenvalue weighted by molar-refractivity contribution is -0.123. The largest absolute Gasteiger partial charge is 0.493 e. The second-order valence-electron chi connectivity index (χ2n) is 6.21. The molecule has 142 valence electrons. The van der Waals surface area contributed by atoms with E-state index in [1.54, 1.807) is 20.8 Å². The second kappa shape index (κ2) is 8.84. The number of benzene rings is 1. The molecule has 0 heterocycles. The molecule has 0 spiro atoms. The van der Waals surface area contributed by atoms with Crippen LogP contribution >= 0.6 is 0 Å². The summed E-state index contributed by atoms with van der Waals surface area (Å²) >= 11 is 0. The molecule has 0 radical (unpaired) electrons. The Balaban J connectivity index is 2.84. The van der Waals surface area contributed by atoms with E-state index in [0.29, 0.717) is 6.29 Å². The molecule has 0 saturated heterocycles. The minimum atomic E-state index is -0.964. The molecule has 0 atom stereocenters. The highest BCUT2D eigenvalue weighted by atomic mass is 16.5. The van der Waals surface area contributed by atoms with Crippen molar-refractivity contribution in [2.75, 3.05) is 20.8 Å². The first-order valence-electron chi connectivity index (χ1n) is 7.62. The molecule has 26 heavy (non-hydrogen) atoms. The highest BCUT2D eigenvalue weighted by Gasteiger charge is 2.24. The molecule has 3 amide bonds. The van der Waals surface area contributed by atoms with Gasteiger partial charge in [0.25, 0.3) is 5.91 Å². The molecule has 1 aromatic carbocycles. The number of ether oxygens (including phenoxy) is 3. The third-order valence-electron chi connectivity index (χ3n) is 2.98. The van der Waals surface area contributed by atoms with Gasteiger partial charge in [-0.15, -0.1) is 0 Å². The lowest BCUT2D eigenvalue weighted by atomic mass is 10.1. The van der Waals surface area contributed by atoms with Crippen molar-refractivity contribution in [1.82, 2.24) is 10.6 Å². The van der Waals surface area contributed by atoms with Crippen molar-refractivity contribution in [2.24, 2.45) is 0 Å². The number of imide groups is 1. The van der Waals surface area contributed by atoms with Crippen LogP contribution in [0.4, 0.5) is 4.79 Å². The van der Waals surface area contributed by atoms with Crippen molar-refractivity contribution in [3.05, 3.63) is 23.3 Å². The van der Waals surface area contributed by atoms with E-state index in [4.69, 9.17) is 14.2 Å². The van der Waals surface area contributed by atoms with Crippen LogP contribution in [0.25, 0.3) is 0 Å². The predicted octanol–water partition coefficient (Wildman–Crippen LogP) is 1.30. The molecule has 0 saturated carbocycles.